The van der Waals surface area contributed by atoms with E-state index in [9.17, 15) is 4.79 Å². The first kappa shape index (κ1) is 28.3. The van der Waals surface area contributed by atoms with E-state index in [0.717, 1.165) is 42.9 Å². The van der Waals surface area contributed by atoms with Crippen LogP contribution in [0.25, 0.3) is 0 Å². The number of fused-ring (bicyclic) bond motifs is 1. The number of likely N-dealkylation sites (tertiary alicyclic amines) is 1. The molecule has 0 bridgehead atoms. The molecule has 0 saturated carbocycles. The topological polar surface area (TPSA) is 72.9 Å². The van der Waals surface area contributed by atoms with Crippen molar-refractivity contribution in [3.8, 4) is 0 Å². The number of anilines is 1. The molecule has 38 heavy (non-hydrogen) atoms. The van der Waals surface area contributed by atoms with Gasteiger partial charge in [-0.25, -0.2) is 9.37 Å². The van der Waals surface area contributed by atoms with Crippen LogP contribution in [0.5, 0.6) is 0 Å². The number of carbonyl (C=O) groups excluding carboxylic acids is 1. The van der Waals surface area contributed by atoms with Gasteiger partial charge in [0.05, 0.1) is 26.7 Å². The van der Waals surface area contributed by atoms with Gasteiger partial charge in [-0.15, -0.1) is 0 Å². The zero-order valence-corrected chi connectivity index (χ0v) is 22.8. The maximum Gasteiger partial charge on any atom is 0.306 e. The molecule has 2 fully saturated rings. The molecule has 4 rings (SSSR count). The quantitative estimate of drug-likeness (QED) is 0.238. The van der Waals surface area contributed by atoms with Crippen molar-refractivity contribution in [2.45, 2.75) is 63.6 Å². The minimum absolute atomic E-state index is 0.00966. The third-order valence-electron chi connectivity index (χ3n) is 7.66. The third kappa shape index (κ3) is 7.90. The van der Waals surface area contributed by atoms with Crippen LogP contribution in [0.15, 0.2) is 48.3 Å². The Kier molecular flexibility index (Phi) is 9.97. The van der Waals surface area contributed by atoms with E-state index in [4.69, 9.17) is 19.2 Å². The first-order valence-electron chi connectivity index (χ1n) is 13.9. The van der Waals surface area contributed by atoms with Crippen molar-refractivity contribution in [3.63, 3.8) is 0 Å². The average molecular weight is 528 g/mol. The summed E-state index contributed by atoms with van der Waals surface area (Å²) in [5.74, 6) is 1.13. The molecule has 2 saturated heterocycles. The van der Waals surface area contributed by atoms with Crippen LogP contribution >= 0.6 is 0 Å². The highest BCUT2D eigenvalue weighted by atomic mass is 19.1. The lowest BCUT2D eigenvalue weighted by atomic mass is 9.94. The average Bonchev–Trinajstić information content (AvgIpc) is 3.56. The van der Waals surface area contributed by atoms with Crippen LogP contribution in [-0.4, -0.2) is 74.1 Å². The van der Waals surface area contributed by atoms with Crippen LogP contribution in [0.3, 0.4) is 0 Å². The highest BCUT2D eigenvalue weighted by Gasteiger charge is 2.39. The smallest absolute Gasteiger partial charge is 0.306 e. The van der Waals surface area contributed by atoms with Gasteiger partial charge in [0, 0.05) is 44.2 Å². The van der Waals surface area contributed by atoms with Gasteiger partial charge in [0.1, 0.15) is 23.3 Å². The summed E-state index contributed by atoms with van der Waals surface area (Å²) in [7, 11) is 1.39. The van der Waals surface area contributed by atoms with Gasteiger partial charge >= 0.3 is 5.97 Å². The fourth-order valence-electron chi connectivity index (χ4n) is 5.43. The Hall–Kier alpha value is -2.71. The molecular formula is C30H42FN3O4. The number of ether oxygens (including phenoxy) is 3. The number of rotatable bonds is 12. The van der Waals surface area contributed by atoms with Crippen molar-refractivity contribution in [2.75, 3.05) is 51.8 Å². The highest BCUT2D eigenvalue weighted by molar-refractivity contribution is 5.70. The summed E-state index contributed by atoms with van der Waals surface area (Å²) in [5, 5.41) is 3.36. The minimum Gasteiger partial charge on any atom is -0.488 e. The van der Waals surface area contributed by atoms with Crippen LogP contribution < -0.4 is 5.32 Å². The largest absolute Gasteiger partial charge is 0.488 e. The van der Waals surface area contributed by atoms with Gasteiger partial charge in [-0.3, -0.25) is 9.69 Å². The molecule has 0 radical (unpaired) electrons. The van der Waals surface area contributed by atoms with Crippen LogP contribution in [0.2, 0.25) is 0 Å². The Labute approximate surface area is 226 Å². The number of carbonyl (C=O) groups is 1. The Balaban J connectivity index is 1.36. The van der Waals surface area contributed by atoms with E-state index >= 15 is 4.39 Å². The predicted octanol–water partition coefficient (Wildman–Crippen LogP) is 4.79. The highest BCUT2D eigenvalue weighted by Crippen LogP contribution is 2.33. The second-order valence-corrected chi connectivity index (χ2v) is 10.7. The van der Waals surface area contributed by atoms with Crippen LogP contribution in [0.1, 0.15) is 50.3 Å². The Morgan fingerprint density at radius 1 is 1.45 bits per heavy atom. The van der Waals surface area contributed by atoms with Crippen LogP contribution in [0, 0.1) is 5.92 Å². The number of methoxy groups -OCH3 is 1. The number of pyridine rings is 1. The van der Waals surface area contributed by atoms with Crippen molar-refractivity contribution >= 4 is 11.8 Å². The van der Waals surface area contributed by atoms with Crippen molar-refractivity contribution in [1.29, 1.82) is 0 Å². The fourth-order valence-corrected chi connectivity index (χ4v) is 5.43. The molecule has 0 aliphatic carbocycles. The molecule has 1 N–H and O–H groups in total. The second kappa shape index (κ2) is 13.4. The lowest BCUT2D eigenvalue weighted by Crippen LogP contribution is -2.34. The molecule has 3 aliphatic heterocycles. The molecule has 0 spiro atoms. The third-order valence-corrected chi connectivity index (χ3v) is 7.66. The van der Waals surface area contributed by atoms with E-state index in [1.807, 2.05) is 31.2 Å². The zero-order chi connectivity index (χ0) is 27.0. The summed E-state index contributed by atoms with van der Waals surface area (Å²) in [6.07, 6.45) is 10.4. The number of hydrogen-bond acceptors (Lipinski definition) is 7. The normalized spacial score (nSPS) is 24.7. The van der Waals surface area contributed by atoms with Gasteiger partial charge < -0.3 is 19.5 Å². The fraction of sp³-hybridized carbons (Fsp3) is 0.600. The summed E-state index contributed by atoms with van der Waals surface area (Å²) in [5.41, 5.74) is 1.66. The van der Waals surface area contributed by atoms with E-state index in [1.165, 1.54) is 12.7 Å². The van der Waals surface area contributed by atoms with Crippen LogP contribution in [-0.2, 0) is 31.8 Å². The molecule has 3 atom stereocenters. The van der Waals surface area contributed by atoms with E-state index in [2.05, 4.69) is 22.9 Å². The molecule has 0 amide bonds. The van der Waals surface area contributed by atoms with Gasteiger partial charge in [0.25, 0.3) is 0 Å². The molecule has 0 unspecified atom stereocenters. The van der Waals surface area contributed by atoms with Gasteiger partial charge in [-0.1, -0.05) is 18.7 Å². The number of aryl methyl sites for hydroxylation is 2. The number of alkyl halides is 1. The summed E-state index contributed by atoms with van der Waals surface area (Å²) in [4.78, 5) is 19.1. The number of hydrogen-bond donors (Lipinski definition) is 1. The number of nitrogens with one attached hydrogen (secondary N) is 1. The lowest BCUT2D eigenvalue weighted by molar-refractivity contribution is -0.141. The van der Waals surface area contributed by atoms with E-state index in [-0.39, 0.29) is 24.4 Å². The van der Waals surface area contributed by atoms with Crippen LogP contribution in [0.4, 0.5) is 10.2 Å². The number of allylic oxidation sites excluding steroid dienone is 3. The number of esters is 1. The molecule has 0 aromatic carbocycles. The molecule has 208 valence electrons. The number of aromatic nitrogens is 1. The minimum atomic E-state index is -1.28. The van der Waals surface area contributed by atoms with Gasteiger partial charge in [0.15, 0.2) is 0 Å². The van der Waals surface area contributed by atoms with Crippen molar-refractivity contribution in [3.05, 3.63) is 59.5 Å². The van der Waals surface area contributed by atoms with E-state index in [0.29, 0.717) is 57.9 Å². The lowest BCUT2D eigenvalue weighted by Gasteiger charge is -2.26. The second-order valence-electron chi connectivity index (χ2n) is 10.7. The van der Waals surface area contributed by atoms with Gasteiger partial charge in [-0.2, -0.15) is 0 Å². The molecule has 4 heterocycles. The summed E-state index contributed by atoms with van der Waals surface area (Å²) in [6.45, 7) is 9.90. The summed E-state index contributed by atoms with van der Waals surface area (Å²) >= 11 is 0. The molecular weight excluding hydrogens is 485 g/mol. The summed E-state index contributed by atoms with van der Waals surface area (Å²) in [6, 6.07) is 4.16. The summed E-state index contributed by atoms with van der Waals surface area (Å²) < 4.78 is 32.3. The number of halogens is 1. The monoisotopic (exact) mass is 527 g/mol. The maximum atomic E-state index is 15.9. The van der Waals surface area contributed by atoms with Crippen molar-refractivity contribution in [2.24, 2.45) is 5.92 Å². The Bertz CT molecular complexity index is 1040. The number of nitrogens with zero attached hydrogens (tertiary/aromatic N) is 2. The van der Waals surface area contributed by atoms with Crippen molar-refractivity contribution in [1.82, 2.24) is 9.88 Å². The standard InChI is InChI=1S/C30H42FN3O4/c1-4-6-26(38-27-11-16-37-20-27)17-22(2)24(18-28(35)36-3)19-34-15-13-30(31,21-34)12-10-25-9-8-23-7-5-14-32-29(23)33-25/h4,6,8-9,17,24,27H,2,5,7,10-16,18-21H2,1,3H3,(H,32,33)/b6-4-,26-17+/t24-,27-,30+/m1/s1. The SMILES string of the molecule is C=C(/C=C(\C=C/C)O[C@@H]1CCOC1)[C@H](CC(=O)OC)CN1CC[C@@](F)(CCc2ccc3c(n2)NCCC3)C1. The first-order chi connectivity index (χ1) is 18.4. The van der Waals surface area contributed by atoms with Gasteiger partial charge in [-0.05, 0) is 68.4 Å². The zero-order valence-electron chi connectivity index (χ0n) is 22.8. The molecule has 3 aliphatic rings. The molecule has 1 aromatic heterocycles. The molecule has 7 nitrogen and oxygen atoms in total. The Morgan fingerprint density at radius 3 is 3.08 bits per heavy atom. The maximum absolute atomic E-state index is 15.9. The van der Waals surface area contributed by atoms with Crippen molar-refractivity contribution < 1.29 is 23.4 Å². The predicted molar refractivity (Wildman–Crippen MR) is 147 cm³/mol. The molecule has 1 aromatic rings. The Morgan fingerprint density at radius 2 is 2.32 bits per heavy atom. The molecule has 8 heteroatoms. The van der Waals surface area contributed by atoms with E-state index < -0.39 is 5.67 Å². The first-order valence-corrected chi connectivity index (χ1v) is 13.9. The van der Waals surface area contributed by atoms with E-state index in [1.54, 1.807) is 0 Å². The van der Waals surface area contributed by atoms with Gasteiger partial charge in [0.2, 0.25) is 0 Å².